The highest BCUT2D eigenvalue weighted by molar-refractivity contribution is 5.65. The van der Waals surface area contributed by atoms with Crippen molar-refractivity contribution >= 4 is 11.8 Å². The van der Waals surface area contributed by atoms with E-state index in [0.717, 1.165) is 24.9 Å². The molecule has 1 aliphatic carbocycles. The molecule has 0 radical (unpaired) electrons. The molecule has 2 unspecified atom stereocenters. The molecule has 0 saturated carbocycles. The fourth-order valence-corrected chi connectivity index (χ4v) is 3.27. The third-order valence-corrected chi connectivity index (χ3v) is 4.14. The number of hydrogen-bond donors (Lipinski definition) is 3. The number of rotatable bonds is 2. The molecule has 0 aromatic heterocycles. The van der Waals surface area contributed by atoms with Crippen LogP contribution < -0.4 is 11.1 Å². The predicted octanol–water partition coefficient (Wildman–Crippen LogP) is 3.37. The van der Waals surface area contributed by atoms with Crippen LogP contribution in [0.15, 0.2) is 18.2 Å². The van der Waals surface area contributed by atoms with Gasteiger partial charge in [0.05, 0.1) is 0 Å². The van der Waals surface area contributed by atoms with Crippen molar-refractivity contribution in [2.75, 3.05) is 5.73 Å². The number of nitrogens with one attached hydrogen (secondary N) is 1. The SMILES string of the molecule is CC(C)(C)C(NC(=O)O)C1CCCc2cc(N)ccc21. The van der Waals surface area contributed by atoms with Crippen molar-refractivity contribution in [2.24, 2.45) is 5.41 Å². The van der Waals surface area contributed by atoms with Gasteiger partial charge in [-0.05, 0) is 47.9 Å². The smallest absolute Gasteiger partial charge is 0.404 e. The molecule has 0 bridgehead atoms. The number of benzene rings is 1. The van der Waals surface area contributed by atoms with Crippen LogP contribution >= 0.6 is 0 Å². The second kappa shape index (κ2) is 5.35. The summed E-state index contributed by atoms with van der Waals surface area (Å²) < 4.78 is 0. The summed E-state index contributed by atoms with van der Waals surface area (Å²) in [6.45, 7) is 6.25. The largest absolute Gasteiger partial charge is 0.465 e. The number of nitrogen functional groups attached to an aromatic ring is 1. The van der Waals surface area contributed by atoms with Gasteiger partial charge in [0, 0.05) is 17.6 Å². The molecule has 20 heavy (non-hydrogen) atoms. The molecule has 110 valence electrons. The Labute approximate surface area is 120 Å². The quantitative estimate of drug-likeness (QED) is 0.725. The van der Waals surface area contributed by atoms with Gasteiger partial charge in [0.1, 0.15) is 0 Å². The predicted molar refractivity (Wildman–Crippen MR) is 80.9 cm³/mol. The average molecular weight is 276 g/mol. The summed E-state index contributed by atoms with van der Waals surface area (Å²) in [6, 6.07) is 5.92. The molecule has 0 heterocycles. The van der Waals surface area contributed by atoms with Crippen LogP contribution in [0, 0.1) is 5.41 Å². The lowest BCUT2D eigenvalue weighted by atomic mass is 9.70. The van der Waals surface area contributed by atoms with Gasteiger partial charge in [-0.3, -0.25) is 0 Å². The minimum Gasteiger partial charge on any atom is -0.465 e. The van der Waals surface area contributed by atoms with Crippen LogP contribution in [0.3, 0.4) is 0 Å². The summed E-state index contributed by atoms with van der Waals surface area (Å²) >= 11 is 0. The van der Waals surface area contributed by atoms with Crippen LogP contribution in [0.1, 0.15) is 50.7 Å². The highest BCUT2D eigenvalue weighted by atomic mass is 16.4. The average Bonchev–Trinajstić information content (AvgIpc) is 2.33. The first-order chi connectivity index (χ1) is 9.29. The van der Waals surface area contributed by atoms with Crippen LogP contribution in [0.2, 0.25) is 0 Å². The number of anilines is 1. The lowest BCUT2D eigenvalue weighted by Gasteiger charge is -2.40. The van der Waals surface area contributed by atoms with Crippen molar-refractivity contribution in [1.82, 2.24) is 5.32 Å². The number of amides is 1. The van der Waals surface area contributed by atoms with Gasteiger partial charge < -0.3 is 16.2 Å². The van der Waals surface area contributed by atoms with Gasteiger partial charge >= 0.3 is 6.09 Å². The van der Waals surface area contributed by atoms with Crippen molar-refractivity contribution in [1.29, 1.82) is 0 Å². The molecule has 0 spiro atoms. The monoisotopic (exact) mass is 276 g/mol. The van der Waals surface area contributed by atoms with Crippen LogP contribution in [0.5, 0.6) is 0 Å². The Kier molecular flexibility index (Phi) is 3.93. The number of fused-ring (bicyclic) bond motifs is 1. The normalized spacial score (nSPS) is 20.1. The zero-order valence-corrected chi connectivity index (χ0v) is 12.4. The molecule has 0 saturated heterocycles. The summed E-state index contributed by atoms with van der Waals surface area (Å²) in [4.78, 5) is 11.1. The standard InChI is InChI=1S/C16H24N2O2/c1-16(2,3)14(18-15(19)20)13-6-4-5-10-9-11(17)7-8-12(10)13/h7-9,13-14,18H,4-6,17H2,1-3H3,(H,19,20). The lowest BCUT2D eigenvalue weighted by Crippen LogP contribution is -2.47. The van der Waals surface area contributed by atoms with Gasteiger partial charge in [-0.2, -0.15) is 0 Å². The summed E-state index contributed by atoms with van der Waals surface area (Å²) in [6.07, 6.45) is 2.17. The van der Waals surface area contributed by atoms with E-state index in [1.165, 1.54) is 11.1 Å². The maximum atomic E-state index is 11.1. The molecule has 0 aliphatic heterocycles. The van der Waals surface area contributed by atoms with Crippen molar-refractivity contribution in [3.63, 3.8) is 0 Å². The van der Waals surface area contributed by atoms with Gasteiger partial charge in [0.15, 0.2) is 0 Å². The molecule has 2 rings (SSSR count). The molecule has 4 nitrogen and oxygen atoms in total. The van der Waals surface area contributed by atoms with Crippen LogP contribution in [0.4, 0.5) is 10.5 Å². The number of nitrogens with two attached hydrogens (primary N) is 1. The summed E-state index contributed by atoms with van der Waals surface area (Å²) in [5.41, 5.74) is 9.03. The Hall–Kier alpha value is -1.71. The first-order valence-electron chi connectivity index (χ1n) is 7.17. The van der Waals surface area contributed by atoms with Crippen LogP contribution in [-0.4, -0.2) is 17.2 Å². The van der Waals surface area contributed by atoms with Crippen molar-refractivity contribution in [3.8, 4) is 0 Å². The first kappa shape index (κ1) is 14.7. The van der Waals surface area contributed by atoms with Gasteiger partial charge in [0.2, 0.25) is 0 Å². The Morgan fingerprint density at radius 3 is 2.75 bits per heavy atom. The van der Waals surface area contributed by atoms with Crippen LogP contribution in [-0.2, 0) is 6.42 Å². The molecule has 1 aromatic rings. The van der Waals surface area contributed by atoms with Gasteiger partial charge in [0.25, 0.3) is 0 Å². The lowest BCUT2D eigenvalue weighted by molar-refractivity contribution is 0.163. The second-order valence-corrected chi connectivity index (χ2v) is 6.75. The number of hydrogen-bond acceptors (Lipinski definition) is 2. The van der Waals surface area contributed by atoms with E-state index < -0.39 is 6.09 Å². The van der Waals surface area contributed by atoms with Crippen LogP contribution in [0.25, 0.3) is 0 Å². The van der Waals surface area contributed by atoms with Gasteiger partial charge in [-0.25, -0.2) is 4.79 Å². The Morgan fingerprint density at radius 2 is 2.15 bits per heavy atom. The minimum atomic E-state index is -0.951. The molecule has 4 heteroatoms. The fraction of sp³-hybridized carbons (Fsp3) is 0.562. The van der Waals surface area contributed by atoms with E-state index in [0.29, 0.717) is 0 Å². The highest BCUT2D eigenvalue weighted by Crippen LogP contribution is 2.40. The molecular weight excluding hydrogens is 252 g/mol. The van der Waals surface area contributed by atoms with E-state index in [2.05, 4.69) is 32.2 Å². The van der Waals surface area contributed by atoms with Gasteiger partial charge in [-0.15, -0.1) is 0 Å². The minimum absolute atomic E-state index is 0.0947. The molecule has 1 aliphatic rings. The number of carboxylic acid groups (broad SMARTS) is 1. The molecule has 0 fully saturated rings. The van der Waals surface area contributed by atoms with Crippen molar-refractivity contribution in [2.45, 2.75) is 52.0 Å². The van der Waals surface area contributed by atoms with E-state index in [1.54, 1.807) is 0 Å². The zero-order valence-electron chi connectivity index (χ0n) is 12.4. The Morgan fingerprint density at radius 1 is 1.45 bits per heavy atom. The van der Waals surface area contributed by atoms with Gasteiger partial charge in [-0.1, -0.05) is 26.8 Å². The Bertz CT molecular complexity index is 506. The van der Waals surface area contributed by atoms with E-state index in [-0.39, 0.29) is 17.4 Å². The van der Waals surface area contributed by atoms with Crippen molar-refractivity contribution in [3.05, 3.63) is 29.3 Å². The third kappa shape index (κ3) is 3.06. The first-order valence-corrected chi connectivity index (χ1v) is 7.17. The van der Waals surface area contributed by atoms with E-state index in [4.69, 9.17) is 10.8 Å². The number of aryl methyl sites for hydroxylation is 1. The molecule has 1 amide bonds. The fourth-order valence-electron chi connectivity index (χ4n) is 3.27. The number of carbonyl (C=O) groups is 1. The molecular formula is C16H24N2O2. The van der Waals surface area contributed by atoms with Crippen molar-refractivity contribution < 1.29 is 9.90 Å². The van der Waals surface area contributed by atoms with E-state index in [9.17, 15) is 4.79 Å². The maximum Gasteiger partial charge on any atom is 0.404 e. The summed E-state index contributed by atoms with van der Waals surface area (Å²) in [5.74, 6) is 0.218. The van der Waals surface area contributed by atoms with E-state index >= 15 is 0 Å². The Balaban J connectivity index is 2.38. The second-order valence-electron chi connectivity index (χ2n) is 6.75. The summed E-state index contributed by atoms with van der Waals surface area (Å²) in [5, 5.41) is 11.9. The highest BCUT2D eigenvalue weighted by Gasteiger charge is 2.36. The molecule has 2 atom stereocenters. The molecule has 1 aromatic carbocycles. The van der Waals surface area contributed by atoms with E-state index in [1.807, 2.05) is 12.1 Å². The third-order valence-electron chi connectivity index (χ3n) is 4.14. The summed E-state index contributed by atoms with van der Waals surface area (Å²) in [7, 11) is 0. The maximum absolute atomic E-state index is 11.1. The zero-order chi connectivity index (χ0) is 14.9. The molecule has 4 N–H and O–H groups in total. The topological polar surface area (TPSA) is 75.3 Å².